The van der Waals surface area contributed by atoms with Crippen molar-refractivity contribution in [3.05, 3.63) is 94.4 Å². The van der Waals surface area contributed by atoms with Gasteiger partial charge in [-0.3, -0.25) is 9.36 Å². The van der Waals surface area contributed by atoms with Crippen molar-refractivity contribution >= 4 is 33.0 Å². The van der Waals surface area contributed by atoms with Crippen LogP contribution in [0.2, 0.25) is 5.02 Å². The molecule has 0 aliphatic heterocycles. The number of hydrogen-bond acceptors (Lipinski definition) is 5. The van der Waals surface area contributed by atoms with Crippen LogP contribution in [-0.2, 0) is 13.7 Å². The molecule has 166 valence electrons. The number of hydrogen-bond donors (Lipinski definition) is 0. The van der Waals surface area contributed by atoms with Crippen molar-refractivity contribution in [2.75, 3.05) is 7.11 Å². The van der Waals surface area contributed by atoms with Crippen LogP contribution in [0.15, 0.2) is 78.1 Å². The standard InChI is InChI=1S/C25H20ClN3O3S/c1-28-15-27-13-20(28)14-32-21-8-7-19(12-22(21)31-2)29-10-9-17-11-23(33-24(17)25(29)30)16-3-5-18(26)6-4-16/h3-13,15H,14H2,1-2H3. The maximum Gasteiger partial charge on any atom is 0.273 e. The number of aryl methyl sites for hydroxylation is 1. The Bertz CT molecular complexity index is 1500. The average Bonchev–Trinajstić information content (AvgIpc) is 3.45. The molecule has 3 heterocycles. The predicted octanol–water partition coefficient (Wildman–Crippen LogP) is 5.69. The van der Waals surface area contributed by atoms with E-state index in [9.17, 15) is 4.79 Å². The Hall–Kier alpha value is -3.55. The van der Waals surface area contributed by atoms with Crippen molar-refractivity contribution in [3.63, 3.8) is 0 Å². The number of fused-ring (bicyclic) bond motifs is 1. The molecule has 0 saturated carbocycles. The van der Waals surface area contributed by atoms with Gasteiger partial charge in [-0.25, -0.2) is 4.98 Å². The number of nitrogens with zero attached hydrogens (tertiary/aromatic N) is 3. The van der Waals surface area contributed by atoms with Crippen molar-refractivity contribution < 1.29 is 9.47 Å². The van der Waals surface area contributed by atoms with Crippen LogP contribution in [0.3, 0.4) is 0 Å². The molecule has 6 nitrogen and oxygen atoms in total. The fourth-order valence-electron chi connectivity index (χ4n) is 3.59. The van der Waals surface area contributed by atoms with Gasteiger partial charge in [-0.2, -0.15) is 0 Å². The summed E-state index contributed by atoms with van der Waals surface area (Å²) < 4.78 is 15.7. The number of halogens is 1. The van der Waals surface area contributed by atoms with Gasteiger partial charge in [0.25, 0.3) is 5.56 Å². The van der Waals surface area contributed by atoms with E-state index >= 15 is 0 Å². The lowest BCUT2D eigenvalue weighted by molar-refractivity contribution is 0.277. The third-order valence-corrected chi connectivity index (χ3v) is 6.86. The van der Waals surface area contributed by atoms with Crippen molar-refractivity contribution in [1.29, 1.82) is 0 Å². The summed E-state index contributed by atoms with van der Waals surface area (Å²) >= 11 is 7.48. The third kappa shape index (κ3) is 4.13. The first-order valence-electron chi connectivity index (χ1n) is 10.2. The number of benzene rings is 2. The summed E-state index contributed by atoms with van der Waals surface area (Å²) in [7, 11) is 3.50. The first-order valence-corrected chi connectivity index (χ1v) is 11.4. The van der Waals surface area contributed by atoms with E-state index in [-0.39, 0.29) is 5.56 Å². The summed E-state index contributed by atoms with van der Waals surface area (Å²) in [4.78, 5) is 18.4. The number of rotatable bonds is 6. The molecule has 0 spiro atoms. The predicted molar refractivity (Wildman–Crippen MR) is 132 cm³/mol. The first-order chi connectivity index (χ1) is 16.0. The molecule has 2 aromatic carbocycles. The second-order valence-electron chi connectivity index (χ2n) is 7.51. The SMILES string of the molecule is COc1cc(-n2ccc3cc(-c4ccc(Cl)cc4)sc3c2=O)ccc1OCc1cncn1C. The number of methoxy groups -OCH3 is 1. The average molecular weight is 478 g/mol. The molecule has 5 aromatic rings. The van der Waals surface area contributed by atoms with Gasteiger partial charge in [0.2, 0.25) is 0 Å². The van der Waals surface area contributed by atoms with Gasteiger partial charge in [-0.15, -0.1) is 11.3 Å². The van der Waals surface area contributed by atoms with Crippen molar-refractivity contribution in [1.82, 2.24) is 14.1 Å². The molecule has 0 atom stereocenters. The van der Waals surface area contributed by atoms with Crippen LogP contribution in [0.4, 0.5) is 0 Å². The summed E-state index contributed by atoms with van der Waals surface area (Å²) in [5.41, 5.74) is 2.59. The molecule has 8 heteroatoms. The first kappa shape index (κ1) is 21.3. The summed E-state index contributed by atoms with van der Waals surface area (Å²) in [5.74, 6) is 1.15. The zero-order valence-electron chi connectivity index (χ0n) is 18.0. The molecule has 0 unspecified atom stereocenters. The molecule has 0 saturated heterocycles. The van der Waals surface area contributed by atoms with Gasteiger partial charge in [-0.1, -0.05) is 23.7 Å². The normalized spacial score (nSPS) is 11.1. The van der Waals surface area contributed by atoms with Crippen molar-refractivity contribution in [2.24, 2.45) is 7.05 Å². The minimum absolute atomic E-state index is 0.0803. The molecule has 33 heavy (non-hydrogen) atoms. The second-order valence-corrected chi connectivity index (χ2v) is 9.00. The summed E-state index contributed by atoms with van der Waals surface area (Å²) in [6, 6.07) is 17.1. The fourth-order valence-corrected chi connectivity index (χ4v) is 4.80. The molecule has 0 N–H and O–H groups in total. The fraction of sp³-hybridized carbons (Fsp3) is 0.120. The Labute approximate surface area is 199 Å². The van der Waals surface area contributed by atoms with E-state index in [1.165, 1.54) is 11.3 Å². The minimum Gasteiger partial charge on any atom is -0.493 e. The van der Waals surface area contributed by atoms with Gasteiger partial charge in [-0.05, 0) is 42.0 Å². The highest BCUT2D eigenvalue weighted by atomic mass is 35.5. The van der Waals surface area contributed by atoms with Crippen LogP contribution >= 0.6 is 22.9 Å². The number of pyridine rings is 1. The Morgan fingerprint density at radius 2 is 1.88 bits per heavy atom. The third-order valence-electron chi connectivity index (χ3n) is 5.42. The molecular formula is C25H20ClN3O3S. The van der Waals surface area contributed by atoms with E-state index in [1.807, 2.05) is 60.1 Å². The largest absolute Gasteiger partial charge is 0.493 e. The molecule has 3 aromatic heterocycles. The number of imidazole rings is 1. The van der Waals surface area contributed by atoms with Crippen molar-refractivity contribution in [3.8, 4) is 27.6 Å². The van der Waals surface area contributed by atoms with Crippen LogP contribution in [0, 0.1) is 0 Å². The zero-order chi connectivity index (χ0) is 22.9. The van der Waals surface area contributed by atoms with Gasteiger partial charge in [0.1, 0.15) is 11.3 Å². The van der Waals surface area contributed by atoms with Gasteiger partial charge in [0, 0.05) is 34.6 Å². The van der Waals surface area contributed by atoms with E-state index in [0.717, 1.165) is 21.5 Å². The van der Waals surface area contributed by atoms with E-state index in [0.29, 0.717) is 33.5 Å². The van der Waals surface area contributed by atoms with E-state index in [2.05, 4.69) is 4.98 Å². The molecular weight excluding hydrogens is 458 g/mol. The second kappa shape index (κ2) is 8.77. The van der Waals surface area contributed by atoms with Crippen molar-refractivity contribution in [2.45, 2.75) is 6.61 Å². The quantitative estimate of drug-likeness (QED) is 0.315. The van der Waals surface area contributed by atoms with Gasteiger partial charge in [0.05, 0.1) is 31.0 Å². The minimum atomic E-state index is -0.0803. The summed E-state index contributed by atoms with van der Waals surface area (Å²) in [5, 5.41) is 1.60. The molecule has 0 aliphatic carbocycles. The molecule has 5 rings (SSSR count). The highest BCUT2D eigenvalue weighted by molar-refractivity contribution is 7.22. The lowest BCUT2D eigenvalue weighted by atomic mass is 10.2. The maximum absolute atomic E-state index is 13.3. The number of thiophene rings is 1. The Balaban J connectivity index is 1.48. The van der Waals surface area contributed by atoms with E-state index in [4.69, 9.17) is 21.1 Å². The molecule has 0 fully saturated rings. The molecule has 0 aliphatic rings. The smallest absolute Gasteiger partial charge is 0.273 e. The number of aromatic nitrogens is 3. The zero-order valence-corrected chi connectivity index (χ0v) is 19.6. The molecule has 0 bridgehead atoms. The van der Waals surface area contributed by atoms with Crippen LogP contribution in [0.1, 0.15) is 5.69 Å². The van der Waals surface area contributed by atoms with Gasteiger partial charge in [0.15, 0.2) is 11.5 Å². The summed E-state index contributed by atoms with van der Waals surface area (Å²) in [6.45, 7) is 0.362. The van der Waals surface area contributed by atoms with E-state index in [1.54, 1.807) is 36.5 Å². The Morgan fingerprint density at radius 3 is 2.61 bits per heavy atom. The van der Waals surface area contributed by atoms with Crippen LogP contribution in [-0.4, -0.2) is 21.2 Å². The monoisotopic (exact) mass is 477 g/mol. The van der Waals surface area contributed by atoms with Gasteiger partial charge >= 0.3 is 0 Å². The highest BCUT2D eigenvalue weighted by Gasteiger charge is 2.13. The lowest BCUT2D eigenvalue weighted by Crippen LogP contribution is -2.16. The lowest BCUT2D eigenvalue weighted by Gasteiger charge is -2.13. The van der Waals surface area contributed by atoms with Crippen LogP contribution in [0.25, 0.3) is 26.2 Å². The number of ether oxygens (including phenoxy) is 2. The topological polar surface area (TPSA) is 58.3 Å². The summed E-state index contributed by atoms with van der Waals surface area (Å²) in [6.07, 6.45) is 5.27. The molecule has 0 amide bonds. The Morgan fingerprint density at radius 1 is 1.06 bits per heavy atom. The maximum atomic E-state index is 13.3. The van der Waals surface area contributed by atoms with Crippen LogP contribution in [0.5, 0.6) is 11.5 Å². The Kier molecular flexibility index (Phi) is 5.66. The highest BCUT2D eigenvalue weighted by Crippen LogP contribution is 2.33. The van der Waals surface area contributed by atoms with Crippen LogP contribution < -0.4 is 15.0 Å². The molecule has 0 radical (unpaired) electrons. The van der Waals surface area contributed by atoms with Gasteiger partial charge < -0.3 is 14.0 Å². The van der Waals surface area contributed by atoms with E-state index < -0.39 is 0 Å².